The number of amides is 1. The van der Waals surface area contributed by atoms with Crippen molar-refractivity contribution in [1.82, 2.24) is 15.1 Å². The van der Waals surface area contributed by atoms with Gasteiger partial charge in [-0.1, -0.05) is 15.9 Å². The Labute approximate surface area is 212 Å². The molecule has 36 heavy (non-hydrogen) atoms. The first-order chi connectivity index (χ1) is 17.0. The zero-order valence-electron chi connectivity index (χ0n) is 18.8. The number of hydrogen-bond acceptors (Lipinski definition) is 6. The number of halogens is 4. The van der Waals surface area contributed by atoms with E-state index in [4.69, 9.17) is 14.6 Å². The van der Waals surface area contributed by atoms with Crippen molar-refractivity contribution in [3.8, 4) is 5.75 Å². The Morgan fingerprint density at radius 1 is 1.19 bits per heavy atom. The third-order valence-corrected chi connectivity index (χ3v) is 5.90. The van der Waals surface area contributed by atoms with E-state index in [9.17, 15) is 23.1 Å². The number of carbonyl (C=O) groups is 2. The number of alkyl halides is 3. The molecule has 2 heterocycles. The number of fused-ring (bicyclic) bond motifs is 1. The van der Waals surface area contributed by atoms with Crippen molar-refractivity contribution in [3.63, 3.8) is 0 Å². The second kappa shape index (κ2) is 12.1. The Hall–Kier alpha value is -3.32. The molecular weight excluding hydrogens is 549 g/mol. The van der Waals surface area contributed by atoms with Crippen molar-refractivity contribution in [1.29, 1.82) is 0 Å². The molecule has 1 amide bonds. The zero-order chi connectivity index (χ0) is 26.3. The molecule has 0 spiro atoms. The van der Waals surface area contributed by atoms with Gasteiger partial charge in [-0.15, -0.1) is 0 Å². The van der Waals surface area contributed by atoms with E-state index in [1.165, 1.54) is 0 Å². The van der Waals surface area contributed by atoms with Gasteiger partial charge in [-0.3, -0.25) is 9.89 Å². The highest BCUT2D eigenvalue weighted by Crippen LogP contribution is 2.21. The topological polar surface area (TPSA) is 128 Å². The van der Waals surface area contributed by atoms with E-state index in [0.717, 1.165) is 33.9 Å². The minimum Gasteiger partial charge on any atom is -0.490 e. The molecular formula is C23H24BrF3N4O5. The lowest BCUT2D eigenvalue weighted by Crippen LogP contribution is -2.47. The number of ether oxygens (including phenoxy) is 1. The van der Waals surface area contributed by atoms with Gasteiger partial charge in [0.1, 0.15) is 12.4 Å². The highest BCUT2D eigenvalue weighted by atomic mass is 79.9. The molecule has 0 bridgehead atoms. The van der Waals surface area contributed by atoms with Gasteiger partial charge in [0, 0.05) is 34.7 Å². The quantitative estimate of drug-likeness (QED) is 0.353. The highest BCUT2D eigenvalue weighted by Gasteiger charge is 2.38. The third kappa shape index (κ3) is 7.85. The van der Waals surface area contributed by atoms with Crippen LogP contribution in [0.15, 0.2) is 53.1 Å². The number of carbonyl (C=O) groups excluding carboxylic acids is 1. The van der Waals surface area contributed by atoms with Crippen LogP contribution in [0.1, 0.15) is 12.8 Å². The minimum absolute atomic E-state index is 0.0522. The summed E-state index contributed by atoms with van der Waals surface area (Å²) in [6.07, 6.45) is -2.78. The molecule has 2 aromatic carbocycles. The normalized spacial score (nSPS) is 15.1. The largest absolute Gasteiger partial charge is 0.490 e. The van der Waals surface area contributed by atoms with Crippen LogP contribution in [-0.2, 0) is 9.59 Å². The van der Waals surface area contributed by atoms with Gasteiger partial charge in [0.05, 0.1) is 11.7 Å². The second-order valence-corrected chi connectivity index (χ2v) is 8.92. The first kappa shape index (κ1) is 27.3. The van der Waals surface area contributed by atoms with Gasteiger partial charge in [0.15, 0.2) is 6.10 Å². The summed E-state index contributed by atoms with van der Waals surface area (Å²) in [4.78, 5) is 23.1. The molecule has 0 unspecified atom stereocenters. The van der Waals surface area contributed by atoms with Crippen LogP contribution >= 0.6 is 15.9 Å². The molecule has 9 nitrogen and oxygen atoms in total. The van der Waals surface area contributed by atoms with Gasteiger partial charge in [0.25, 0.3) is 5.91 Å². The monoisotopic (exact) mass is 572 g/mol. The van der Waals surface area contributed by atoms with Gasteiger partial charge >= 0.3 is 12.1 Å². The Balaban J connectivity index is 0.000000454. The highest BCUT2D eigenvalue weighted by molar-refractivity contribution is 9.10. The number of rotatable bonds is 6. The van der Waals surface area contributed by atoms with E-state index in [0.29, 0.717) is 24.9 Å². The number of aliphatic hydroxyl groups excluding tert-OH is 1. The van der Waals surface area contributed by atoms with E-state index in [1.54, 1.807) is 23.2 Å². The van der Waals surface area contributed by atoms with E-state index < -0.39 is 18.2 Å². The molecule has 13 heteroatoms. The van der Waals surface area contributed by atoms with Crippen molar-refractivity contribution >= 4 is 44.4 Å². The van der Waals surface area contributed by atoms with Gasteiger partial charge in [-0.25, -0.2) is 4.79 Å². The number of aliphatic hydroxyl groups is 1. The molecule has 0 aliphatic carbocycles. The lowest BCUT2D eigenvalue weighted by molar-refractivity contribution is -0.192. The summed E-state index contributed by atoms with van der Waals surface area (Å²) >= 11 is 3.36. The van der Waals surface area contributed by atoms with Crippen molar-refractivity contribution in [2.45, 2.75) is 31.2 Å². The van der Waals surface area contributed by atoms with Crippen LogP contribution in [-0.4, -0.2) is 75.2 Å². The number of piperidine rings is 1. The predicted molar refractivity (Wildman–Crippen MR) is 129 cm³/mol. The average molecular weight is 573 g/mol. The Kier molecular flexibility index (Phi) is 9.15. The number of benzene rings is 2. The minimum atomic E-state index is -5.08. The van der Waals surface area contributed by atoms with Crippen molar-refractivity contribution in [2.24, 2.45) is 0 Å². The Morgan fingerprint density at radius 3 is 2.44 bits per heavy atom. The Morgan fingerprint density at radius 2 is 1.83 bits per heavy atom. The van der Waals surface area contributed by atoms with Gasteiger partial charge < -0.3 is 25.2 Å². The lowest BCUT2D eigenvalue weighted by Gasteiger charge is -2.34. The smallest absolute Gasteiger partial charge is 0.490 e. The molecule has 1 aliphatic rings. The van der Waals surface area contributed by atoms with Crippen LogP contribution in [0.25, 0.3) is 10.9 Å². The molecule has 1 aliphatic heterocycles. The molecule has 0 saturated carbocycles. The summed E-state index contributed by atoms with van der Waals surface area (Å²) in [7, 11) is 0. The number of aromatic nitrogens is 2. The number of anilines is 1. The van der Waals surface area contributed by atoms with Crippen molar-refractivity contribution in [2.75, 3.05) is 25.0 Å². The van der Waals surface area contributed by atoms with Gasteiger partial charge in [-0.05, 0) is 55.3 Å². The summed E-state index contributed by atoms with van der Waals surface area (Å²) in [5.41, 5.74) is 2.06. The second-order valence-electron chi connectivity index (χ2n) is 8.00. The molecule has 1 fully saturated rings. The van der Waals surface area contributed by atoms with E-state index >= 15 is 0 Å². The first-order valence-corrected chi connectivity index (χ1v) is 11.7. The predicted octanol–water partition coefficient (Wildman–Crippen LogP) is 3.80. The fraction of sp³-hybridized carbons (Fsp3) is 0.348. The number of nitrogens with zero attached hydrogens (tertiary/aromatic N) is 2. The fourth-order valence-electron chi connectivity index (χ4n) is 3.50. The zero-order valence-corrected chi connectivity index (χ0v) is 20.4. The molecule has 0 radical (unpaired) electrons. The number of aliphatic carboxylic acids is 1. The molecule has 1 saturated heterocycles. The van der Waals surface area contributed by atoms with Crippen molar-refractivity contribution < 1.29 is 37.7 Å². The van der Waals surface area contributed by atoms with Crippen LogP contribution < -0.4 is 10.1 Å². The summed E-state index contributed by atoms with van der Waals surface area (Å²) in [6, 6.07) is 13.7. The fourth-order valence-corrected chi connectivity index (χ4v) is 3.76. The van der Waals surface area contributed by atoms with E-state index in [1.807, 2.05) is 24.3 Å². The van der Waals surface area contributed by atoms with E-state index in [2.05, 4.69) is 37.5 Å². The molecule has 3 aromatic rings. The molecule has 194 valence electrons. The summed E-state index contributed by atoms with van der Waals surface area (Å²) in [5.74, 6) is -2.41. The van der Waals surface area contributed by atoms with E-state index in [-0.39, 0.29) is 12.5 Å². The standard InChI is InChI=1S/C21H23BrN4O3.C2HF3O2/c22-15-1-4-18(5-2-15)29-13-20(27)21(28)26-9-7-16(8-10-26)24-17-3-6-19-14(11-17)12-23-25-19;3-2(4,5)1(6)7/h1-6,11-12,16,20,24,27H,7-10,13H2,(H,23,25);(H,6,7)/t20-;/m0./s1. The molecule has 4 rings (SSSR count). The molecule has 1 aromatic heterocycles. The number of nitrogens with one attached hydrogen (secondary N) is 2. The maximum Gasteiger partial charge on any atom is 0.490 e. The summed E-state index contributed by atoms with van der Waals surface area (Å²) in [6.45, 7) is 1.17. The van der Waals surface area contributed by atoms with Crippen LogP contribution in [0, 0.1) is 0 Å². The summed E-state index contributed by atoms with van der Waals surface area (Å²) in [5, 5.41) is 28.9. The van der Waals surface area contributed by atoms with Crippen molar-refractivity contribution in [3.05, 3.63) is 53.1 Å². The maximum absolute atomic E-state index is 12.5. The molecule has 1 atom stereocenters. The molecule has 4 N–H and O–H groups in total. The maximum atomic E-state index is 12.5. The van der Waals surface area contributed by atoms with Gasteiger partial charge in [-0.2, -0.15) is 18.3 Å². The third-order valence-electron chi connectivity index (χ3n) is 5.37. The SMILES string of the molecule is O=C(O)C(F)(F)F.O=C([C@@H](O)COc1ccc(Br)cc1)N1CCC(Nc2ccc3[nH]ncc3c2)CC1. The number of likely N-dealkylation sites (tertiary alicyclic amines) is 1. The Bertz CT molecular complexity index is 1160. The number of hydrogen-bond donors (Lipinski definition) is 4. The number of H-pyrrole nitrogens is 1. The van der Waals surface area contributed by atoms with Crippen LogP contribution in [0.4, 0.5) is 18.9 Å². The first-order valence-electron chi connectivity index (χ1n) is 10.9. The lowest BCUT2D eigenvalue weighted by atomic mass is 10.0. The van der Waals surface area contributed by atoms with Crippen LogP contribution in [0.5, 0.6) is 5.75 Å². The van der Waals surface area contributed by atoms with Gasteiger partial charge in [0.2, 0.25) is 0 Å². The summed E-state index contributed by atoms with van der Waals surface area (Å²) < 4.78 is 38.2. The van der Waals surface area contributed by atoms with Crippen LogP contribution in [0.2, 0.25) is 0 Å². The number of carboxylic acid groups (broad SMARTS) is 1. The number of aromatic amines is 1. The van der Waals surface area contributed by atoms with Crippen LogP contribution in [0.3, 0.4) is 0 Å². The average Bonchev–Trinajstić information content (AvgIpc) is 3.31. The number of carboxylic acids is 1.